The van der Waals surface area contributed by atoms with Crippen LogP contribution in [0.1, 0.15) is 30.6 Å². The van der Waals surface area contributed by atoms with Gasteiger partial charge >= 0.3 is 0 Å². The fourth-order valence-electron chi connectivity index (χ4n) is 2.60. The largest absolute Gasteiger partial charge is 1.00 e. The van der Waals surface area contributed by atoms with Crippen molar-refractivity contribution in [1.82, 2.24) is 0 Å². The highest BCUT2D eigenvalue weighted by Crippen LogP contribution is 2.14. The molecule has 2 aromatic carbocycles. The first-order valence-electron chi connectivity index (χ1n) is 7.90. The van der Waals surface area contributed by atoms with E-state index in [1.807, 2.05) is 42.5 Å². The van der Waals surface area contributed by atoms with Gasteiger partial charge in [-0.05, 0) is 36.6 Å². The van der Waals surface area contributed by atoms with Gasteiger partial charge in [-0.25, -0.2) is 0 Å². The van der Waals surface area contributed by atoms with Crippen LogP contribution in [0, 0.1) is 0 Å². The van der Waals surface area contributed by atoms with Crippen LogP contribution in [0.5, 0.6) is 5.75 Å². The summed E-state index contributed by atoms with van der Waals surface area (Å²) in [5, 5.41) is 12.5. The number of nitrogens with two attached hydrogens (primary N) is 1. The molecule has 0 spiro atoms. The molecule has 0 aliphatic carbocycles. The van der Waals surface area contributed by atoms with Crippen molar-refractivity contribution in [2.75, 3.05) is 13.7 Å². The Morgan fingerprint density at radius 2 is 1.83 bits per heavy atom. The normalized spacial score (nSPS) is 13.0. The van der Waals surface area contributed by atoms with E-state index in [2.05, 4.69) is 24.4 Å². The van der Waals surface area contributed by atoms with Crippen LogP contribution in [0.3, 0.4) is 0 Å². The monoisotopic (exact) mass is 335 g/mol. The van der Waals surface area contributed by atoms with Crippen molar-refractivity contribution in [3.63, 3.8) is 0 Å². The average molecular weight is 336 g/mol. The van der Waals surface area contributed by atoms with Crippen LogP contribution in [-0.4, -0.2) is 24.8 Å². The molecule has 0 aliphatic rings. The molecule has 0 aromatic heterocycles. The molecule has 3 N–H and O–H groups in total. The summed E-state index contributed by atoms with van der Waals surface area (Å²) < 4.78 is 5.24. The molecule has 0 saturated heterocycles. The lowest BCUT2D eigenvalue weighted by Crippen LogP contribution is -3.00. The number of benzene rings is 2. The third kappa shape index (κ3) is 6.22. The summed E-state index contributed by atoms with van der Waals surface area (Å²) in [6, 6.07) is 18.2. The molecule has 2 rings (SSSR count). The van der Waals surface area contributed by atoms with Crippen LogP contribution in [0.4, 0.5) is 0 Å². The second kappa shape index (κ2) is 10.3. The highest BCUT2D eigenvalue weighted by atomic mass is 35.5. The van der Waals surface area contributed by atoms with E-state index in [-0.39, 0.29) is 18.4 Å². The molecule has 4 heteroatoms. The van der Waals surface area contributed by atoms with Gasteiger partial charge in [-0.1, -0.05) is 42.5 Å². The van der Waals surface area contributed by atoms with E-state index in [1.165, 1.54) is 5.56 Å². The van der Waals surface area contributed by atoms with Crippen LogP contribution in [0.15, 0.2) is 54.6 Å². The minimum absolute atomic E-state index is 0. The van der Waals surface area contributed by atoms with E-state index in [1.54, 1.807) is 7.11 Å². The van der Waals surface area contributed by atoms with Gasteiger partial charge in [-0.2, -0.15) is 0 Å². The first-order valence-corrected chi connectivity index (χ1v) is 7.90. The number of hydrogen-bond acceptors (Lipinski definition) is 2. The number of ether oxygens (including phenoxy) is 1. The Kier molecular flexibility index (Phi) is 8.70. The van der Waals surface area contributed by atoms with Crippen LogP contribution in [-0.2, 0) is 6.42 Å². The summed E-state index contributed by atoms with van der Waals surface area (Å²) in [5.41, 5.74) is 2.28. The van der Waals surface area contributed by atoms with Gasteiger partial charge in [0.15, 0.2) is 0 Å². The predicted molar refractivity (Wildman–Crippen MR) is 89.0 cm³/mol. The van der Waals surface area contributed by atoms with Crippen LogP contribution in [0.2, 0.25) is 0 Å². The number of aryl methyl sites for hydroxylation is 1. The average Bonchev–Trinajstić information content (AvgIpc) is 2.58. The molecule has 2 atom stereocenters. The molecular formula is C19H26ClNO2. The Hall–Kier alpha value is -1.55. The third-order valence-electron chi connectivity index (χ3n) is 3.98. The fraction of sp³-hybridized carbons (Fsp3) is 0.368. The molecule has 0 amide bonds. The Labute approximate surface area is 145 Å². The van der Waals surface area contributed by atoms with Crippen molar-refractivity contribution in [1.29, 1.82) is 0 Å². The van der Waals surface area contributed by atoms with Gasteiger partial charge < -0.3 is 27.6 Å². The maximum absolute atomic E-state index is 10.3. The quantitative estimate of drug-likeness (QED) is 0.628. The number of rotatable bonds is 8. The van der Waals surface area contributed by atoms with Gasteiger partial charge in [0, 0.05) is 6.42 Å². The van der Waals surface area contributed by atoms with Crippen molar-refractivity contribution in [2.24, 2.45) is 0 Å². The van der Waals surface area contributed by atoms with Crippen molar-refractivity contribution in [2.45, 2.75) is 31.9 Å². The molecule has 2 aromatic rings. The first-order chi connectivity index (χ1) is 10.7. The predicted octanol–water partition coefficient (Wildman–Crippen LogP) is -0.683. The van der Waals surface area contributed by atoms with E-state index < -0.39 is 6.10 Å². The molecule has 0 heterocycles. The SMILES string of the molecule is COc1cccc(CCC[NH2+]C(C)C(O)c2ccccc2)c1.[Cl-]. The number of halogens is 1. The molecular weight excluding hydrogens is 310 g/mol. The Balaban J connectivity index is 0.00000264. The van der Waals surface area contributed by atoms with Crippen molar-refractivity contribution < 1.29 is 27.6 Å². The molecule has 3 nitrogen and oxygen atoms in total. The van der Waals surface area contributed by atoms with Crippen molar-refractivity contribution in [3.05, 3.63) is 65.7 Å². The summed E-state index contributed by atoms with van der Waals surface area (Å²) in [5.74, 6) is 0.911. The lowest BCUT2D eigenvalue weighted by atomic mass is 10.0. The lowest BCUT2D eigenvalue weighted by Gasteiger charge is -2.17. The molecule has 0 aliphatic heterocycles. The topological polar surface area (TPSA) is 46.1 Å². The Morgan fingerprint density at radius 3 is 2.52 bits per heavy atom. The summed E-state index contributed by atoms with van der Waals surface area (Å²) in [7, 11) is 1.69. The van der Waals surface area contributed by atoms with Crippen molar-refractivity contribution in [3.8, 4) is 5.75 Å². The number of methoxy groups -OCH3 is 1. The van der Waals surface area contributed by atoms with Gasteiger partial charge in [0.05, 0.1) is 13.7 Å². The van der Waals surface area contributed by atoms with E-state index in [4.69, 9.17) is 4.74 Å². The van der Waals surface area contributed by atoms with Gasteiger partial charge in [-0.15, -0.1) is 0 Å². The molecule has 23 heavy (non-hydrogen) atoms. The first kappa shape index (κ1) is 19.5. The molecule has 0 radical (unpaired) electrons. The number of aliphatic hydroxyl groups excluding tert-OH is 1. The molecule has 126 valence electrons. The summed E-state index contributed by atoms with van der Waals surface area (Å²) >= 11 is 0. The van der Waals surface area contributed by atoms with Gasteiger partial charge in [0.1, 0.15) is 17.9 Å². The maximum Gasteiger partial charge on any atom is 0.130 e. The highest BCUT2D eigenvalue weighted by Gasteiger charge is 2.18. The maximum atomic E-state index is 10.3. The standard InChI is InChI=1S/C19H25NO2.ClH/c1-15(19(21)17-10-4-3-5-11-17)20-13-7-9-16-8-6-12-18(14-16)22-2;/h3-6,8,10-12,14-15,19-21H,7,9,13H2,1-2H3;1H. The molecule has 0 fully saturated rings. The Morgan fingerprint density at radius 1 is 1.09 bits per heavy atom. The summed E-state index contributed by atoms with van der Waals surface area (Å²) in [6.45, 7) is 3.07. The molecule has 2 unspecified atom stereocenters. The number of quaternary nitrogens is 1. The molecule has 0 saturated carbocycles. The zero-order valence-electron chi connectivity index (χ0n) is 13.8. The van der Waals surface area contributed by atoms with E-state index in [0.29, 0.717) is 0 Å². The second-order valence-corrected chi connectivity index (χ2v) is 5.69. The van der Waals surface area contributed by atoms with E-state index in [9.17, 15) is 5.11 Å². The summed E-state index contributed by atoms with van der Waals surface area (Å²) in [6.07, 6.45) is 1.69. The highest BCUT2D eigenvalue weighted by molar-refractivity contribution is 5.28. The smallest absolute Gasteiger partial charge is 0.130 e. The minimum atomic E-state index is -0.419. The molecule has 0 bridgehead atoms. The summed E-state index contributed by atoms with van der Waals surface area (Å²) in [4.78, 5) is 0. The minimum Gasteiger partial charge on any atom is -1.00 e. The van der Waals surface area contributed by atoms with Crippen molar-refractivity contribution >= 4 is 0 Å². The van der Waals surface area contributed by atoms with Crippen LogP contribution >= 0.6 is 0 Å². The van der Waals surface area contributed by atoms with E-state index in [0.717, 1.165) is 30.7 Å². The lowest BCUT2D eigenvalue weighted by molar-refractivity contribution is -0.694. The zero-order valence-corrected chi connectivity index (χ0v) is 14.5. The number of hydrogen-bond donors (Lipinski definition) is 2. The second-order valence-electron chi connectivity index (χ2n) is 5.69. The van der Waals surface area contributed by atoms with E-state index >= 15 is 0 Å². The zero-order chi connectivity index (χ0) is 15.8. The fourth-order valence-corrected chi connectivity index (χ4v) is 2.60. The van der Waals surface area contributed by atoms with Gasteiger partial charge in [0.2, 0.25) is 0 Å². The van der Waals surface area contributed by atoms with Gasteiger partial charge in [0.25, 0.3) is 0 Å². The number of aliphatic hydroxyl groups is 1. The van der Waals surface area contributed by atoms with Crippen LogP contribution < -0.4 is 22.5 Å². The Bertz CT molecular complexity index is 562. The van der Waals surface area contributed by atoms with Gasteiger partial charge in [-0.3, -0.25) is 0 Å². The van der Waals surface area contributed by atoms with Crippen LogP contribution in [0.25, 0.3) is 0 Å². The third-order valence-corrected chi connectivity index (χ3v) is 3.98.